The molecule has 0 amide bonds. The number of allylic oxidation sites excluding steroid dienone is 1. The van der Waals surface area contributed by atoms with E-state index in [2.05, 4.69) is 0 Å². The van der Waals surface area contributed by atoms with Gasteiger partial charge < -0.3 is 0 Å². The largest absolute Gasteiger partial charge is 0.416 e. The van der Waals surface area contributed by atoms with Gasteiger partial charge in [0.15, 0.2) is 5.03 Å². The molecule has 14 heavy (non-hydrogen) atoms. The predicted molar refractivity (Wildman–Crippen MR) is 51.5 cm³/mol. The smallest absolute Gasteiger partial charge is 0.258 e. The van der Waals surface area contributed by atoms with Crippen LogP contribution in [0.25, 0.3) is 0 Å². The zero-order valence-electron chi connectivity index (χ0n) is 6.04. The van der Waals surface area contributed by atoms with Gasteiger partial charge >= 0.3 is 10.9 Å². The van der Waals surface area contributed by atoms with Crippen LogP contribution in [0.2, 0.25) is 0 Å². The molecule has 0 saturated heterocycles. The summed E-state index contributed by atoms with van der Waals surface area (Å²) in [5.41, 5.74) is -1.15. The second kappa shape index (κ2) is 5.35. The topological polar surface area (TPSA) is 86.3 Å². The predicted octanol–water partition coefficient (Wildman–Crippen LogP) is 2.83. The Morgan fingerprint density at radius 3 is 1.57 bits per heavy atom. The average Bonchev–Trinajstić information content (AvgIpc) is 2.03. The van der Waals surface area contributed by atoms with Crippen molar-refractivity contribution < 1.29 is 9.85 Å². The fourth-order valence-electron chi connectivity index (χ4n) is 0.422. The van der Waals surface area contributed by atoms with E-state index in [1.165, 1.54) is 0 Å². The van der Waals surface area contributed by atoms with E-state index in [0.717, 1.165) is 0 Å². The van der Waals surface area contributed by atoms with Crippen LogP contribution in [0, 0.1) is 20.2 Å². The Bertz CT molecular complexity index is 345. The Morgan fingerprint density at radius 1 is 0.929 bits per heavy atom. The van der Waals surface area contributed by atoms with Crippen LogP contribution < -0.4 is 0 Å². The minimum Gasteiger partial charge on any atom is -0.258 e. The first kappa shape index (κ1) is 13.4. The van der Waals surface area contributed by atoms with E-state index in [9.17, 15) is 20.2 Å². The minimum absolute atomic E-state index is 0.682. The fourth-order valence-corrected chi connectivity index (χ4v) is 0.971. The zero-order valence-corrected chi connectivity index (χ0v) is 9.06. The number of halogens is 4. The lowest BCUT2D eigenvalue weighted by Crippen LogP contribution is -2.06. The van der Waals surface area contributed by atoms with Crippen molar-refractivity contribution in [2.75, 3.05) is 0 Å². The van der Waals surface area contributed by atoms with E-state index in [0.29, 0.717) is 0 Å². The summed E-state index contributed by atoms with van der Waals surface area (Å²) in [4.78, 5) is 18.1. The second-order valence-corrected chi connectivity index (χ2v) is 3.41. The van der Waals surface area contributed by atoms with Gasteiger partial charge in [0, 0.05) is 11.6 Å². The Balaban J connectivity index is 5.62. The Hall–Kier alpha value is -0.560. The number of hydrogen-bond donors (Lipinski definition) is 0. The molecule has 0 aliphatic carbocycles. The van der Waals surface area contributed by atoms with E-state index in [-0.39, 0.29) is 0 Å². The molecule has 0 aromatic rings. The standard InChI is InChI=1S/C4Cl4N2O4/c5-1(3(6)7)2(9(11)12)4(8)10(13)14. The van der Waals surface area contributed by atoms with Crippen molar-refractivity contribution in [1.82, 2.24) is 0 Å². The van der Waals surface area contributed by atoms with Crippen molar-refractivity contribution >= 4 is 46.4 Å². The molecule has 0 spiro atoms. The van der Waals surface area contributed by atoms with Crippen LogP contribution in [-0.4, -0.2) is 9.85 Å². The lowest BCUT2D eigenvalue weighted by molar-refractivity contribution is -0.459. The molecule has 0 fully saturated rings. The van der Waals surface area contributed by atoms with Gasteiger partial charge in [0.2, 0.25) is 0 Å². The molecule has 0 atom stereocenters. The molecule has 0 unspecified atom stereocenters. The SMILES string of the molecule is O=[N+]([O-])C(Cl)=C(C(Cl)=C(Cl)Cl)[N+](=O)[O-]. The van der Waals surface area contributed by atoms with Gasteiger partial charge in [-0.3, -0.25) is 20.2 Å². The zero-order chi connectivity index (χ0) is 11.5. The molecule has 0 rings (SSSR count). The molecule has 0 bridgehead atoms. The van der Waals surface area contributed by atoms with Gasteiger partial charge in [-0.05, 0) is 0 Å². The van der Waals surface area contributed by atoms with Crippen molar-refractivity contribution in [2.45, 2.75) is 0 Å². The molecule has 0 aliphatic rings. The Kier molecular flexibility index (Phi) is 5.14. The monoisotopic (exact) mass is 280 g/mol. The maximum Gasteiger partial charge on any atom is 0.416 e. The third-order valence-corrected chi connectivity index (χ3v) is 2.17. The number of rotatable bonds is 3. The first-order chi connectivity index (χ1) is 6.29. The van der Waals surface area contributed by atoms with Crippen molar-refractivity contribution in [2.24, 2.45) is 0 Å². The summed E-state index contributed by atoms with van der Waals surface area (Å²) in [6.07, 6.45) is 0. The average molecular weight is 282 g/mol. The molecule has 0 radical (unpaired) electrons. The molecule has 0 heterocycles. The highest BCUT2D eigenvalue weighted by molar-refractivity contribution is 6.60. The quantitative estimate of drug-likeness (QED) is 0.344. The minimum atomic E-state index is -1.27. The molecule has 10 heteroatoms. The first-order valence-corrected chi connectivity index (χ1v) is 4.20. The lowest BCUT2D eigenvalue weighted by Gasteiger charge is -1.95. The highest BCUT2D eigenvalue weighted by atomic mass is 35.5. The van der Waals surface area contributed by atoms with E-state index >= 15 is 0 Å². The van der Waals surface area contributed by atoms with Gasteiger partial charge in [0.1, 0.15) is 4.49 Å². The van der Waals surface area contributed by atoms with Gasteiger partial charge in [-0.1, -0.05) is 34.8 Å². The van der Waals surface area contributed by atoms with E-state index in [4.69, 9.17) is 46.4 Å². The first-order valence-electron chi connectivity index (χ1n) is 2.68. The molecule has 6 nitrogen and oxygen atoms in total. The summed E-state index contributed by atoms with van der Waals surface area (Å²) in [6, 6.07) is 0. The van der Waals surface area contributed by atoms with Gasteiger partial charge in [0.25, 0.3) is 0 Å². The lowest BCUT2D eigenvalue weighted by atomic mass is 10.5. The molecule has 0 aromatic carbocycles. The fraction of sp³-hybridized carbons (Fsp3) is 0. The van der Waals surface area contributed by atoms with Gasteiger partial charge in [-0.25, -0.2) is 0 Å². The van der Waals surface area contributed by atoms with Crippen LogP contribution in [-0.2, 0) is 0 Å². The third-order valence-electron chi connectivity index (χ3n) is 0.912. The van der Waals surface area contributed by atoms with E-state index < -0.39 is 30.2 Å². The Morgan fingerprint density at radius 2 is 1.36 bits per heavy atom. The number of hydrogen-bond acceptors (Lipinski definition) is 4. The van der Waals surface area contributed by atoms with E-state index in [1.807, 2.05) is 0 Å². The summed E-state index contributed by atoms with van der Waals surface area (Å²) < 4.78 is -0.682. The van der Waals surface area contributed by atoms with Crippen LogP contribution in [0.4, 0.5) is 0 Å². The maximum atomic E-state index is 10.3. The molecule has 78 valence electrons. The van der Waals surface area contributed by atoms with Crippen molar-refractivity contribution in [3.05, 3.63) is 40.6 Å². The summed E-state index contributed by atoms with van der Waals surface area (Å²) in [6.45, 7) is 0. The van der Waals surface area contributed by atoms with Gasteiger partial charge in [0.05, 0.1) is 9.85 Å². The molecular formula is C4Cl4N2O4. The van der Waals surface area contributed by atoms with Crippen LogP contribution in [0.5, 0.6) is 0 Å². The van der Waals surface area contributed by atoms with Crippen LogP contribution in [0.3, 0.4) is 0 Å². The summed E-state index contributed by atoms with van der Waals surface area (Å²) in [5.74, 6) is 0. The summed E-state index contributed by atoms with van der Waals surface area (Å²) >= 11 is 20.5. The highest BCUT2D eigenvalue weighted by Crippen LogP contribution is 2.28. The summed E-state index contributed by atoms with van der Waals surface area (Å²) in [5, 5.41) is 18.4. The molecule has 0 aliphatic heterocycles. The van der Waals surface area contributed by atoms with Gasteiger partial charge in [-0.15, -0.1) is 0 Å². The van der Waals surface area contributed by atoms with Crippen LogP contribution >= 0.6 is 46.4 Å². The molecular weight excluding hydrogens is 282 g/mol. The Labute approximate surface area is 97.0 Å². The summed E-state index contributed by atoms with van der Waals surface area (Å²) in [7, 11) is 0. The maximum absolute atomic E-state index is 10.3. The molecule has 0 aromatic heterocycles. The number of nitro groups is 2. The molecule has 0 saturated carbocycles. The van der Waals surface area contributed by atoms with Crippen molar-refractivity contribution in [3.8, 4) is 0 Å². The van der Waals surface area contributed by atoms with Crippen LogP contribution in [0.15, 0.2) is 20.4 Å². The van der Waals surface area contributed by atoms with Crippen molar-refractivity contribution in [3.63, 3.8) is 0 Å². The third kappa shape index (κ3) is 3.30. The van der Waals surface area contributed by atoms with E-state index in [1.54, 1.807) is 0 Å². The normalized spacial score (nSPS) is 11.7. The van der Waals surface area contributed by atoms with Crippen LogP contribution in [0.1, 0.15) is 0 Å². The van der Waals surface area contributed by atoms with Crippen molar-refractivity contribution in [1.29, 1.82) is 0 Å². The van der Waals surface area contributed by atoms with Gasteiger partial charge in [-0.2, -0.15) is 0 Å². The second-order valence-electron chi connectivity index (χ2n) is 1.73. The number of nitrogens with zero attached hydrogens (tertiary/aromatic N) is 2. The highest BCUT2D eigenvalue weighted by Gasteiger charge is 2.32. The molecule has 0 N–H and O–H groups in total.